The number of carbonyl (C=O) groups is 1. The van der Waals surface area contributed by atoms with Crippen molar-refractivity contribution in [1.82, 2.24) is 4.90 Å². The van der Waals surface area contributed by atoms with E-state index >= 15 is 0 Å². The molecule has 0 N–H and O–H groups in total. The van der Waals surface area contributed by atoms with Gasteiger partial charge in [-0.1, -0.05) is 23.7 Å². The topological polar surface area (TPSA) is 76.2 Å². The van der Waals surface area contributed by atoms with Crippen LogP contribution in [0.4, 0.5) is 5.69 Å². The van der Waals surface area contributed by atoms with E-state index in [0.717, 1.165) is 17.6 Å². The van der Waals surface area contributed by atoms with Crippen LogP contribution in [0.25, 0.3) is 0 Å². The standard InChI is InChI=1S/C20H23ClN2O5S/c1-22(13-14-4-7-16(27-2)8-5-14)20(24)19-10-11-23(29(3,25)26)17-12-15(21)6-9-18(17)28-19/h4-9,12,19H,10-11,13H2,1-3H3. The lowest BCUT2D eigenvalue weighted by molar-refractivity contribution is -0.138. The van der Waals surface area contributed by atoms with Gasteiger partial charge in [-0.3, -0.25) is 9.10 Å². The second-order valence-corrected chi connectivity index (χ2v) is 9.23. The van der Waals surface area contributed by atoms with Gasteiger partial charge in [-0.25, -0.2) is 8.42 Å². The molecule has 0 radical (unpaired) electrons. The molecule has 1 aliphatic heterocycles. The molecule has 2 aromatic carbocycles. The first kappa shape index (κ1) is 21.3. The molecule has 0 aliphatic carbocycles. The SMILES string of the molecule is COc1ccc(CN(C)C(=O)C2CCN(S(C)(=O)=O)c3cc(Cl)ccc3O2)cc1. The third-order valence-corrected chi connectivity index (χ3v) is 6.10. The molecule has 156 valence electrons. The van der Waals surface area contributed by atoms with Crippen LogP contribution in [0, 0.1) is 0 Å². The predicted molar refractivity (Wildman–Crippen MR) is 112 cm³/mol. The molecule has 1 aliphatic rings. The van der Waals surface area contributed by atoms with E-state index in [1.165, 1.54) is 10.4 Å². The molecule has 1 unspecified atom stereocenters. The molecule has 0 saturated heterocycles. The number of anilines is 1. The summed E-state index contributed by atoms with van der Waals surface area (Å²) in [6.45, 7) is 0.519. The zero-order valence-electron chi connectivity index (χ0n) is 16.5. The number of methoxy groups -OCH3 is 1. The Balaban J connectivity index is 1.80. The van der Waals surface area contributed by atoms with E-state index in [-0.39, 0.29) is 18.9 Å². The maximum Gasteiger partial charge on any atom is 0.263 e. The number of amides is 1. The molecule has 29 heavy (non-hydrogen) atoms. The van der Waals surface area contributed by atoms with Crippen molar-refractivity contribution < 1.29 is 22.7 Å². The molecule has 0 aromatic heterocycles. The molecule has 0 saturated carbocycles. The fourth-order valence-electron chi connectivity index (χ4n) is 3.20. The number of rotatable bonds is 5. The van der Waals surface area contributed by atoms with E-state index in [0.29, 0.717) is 23.0 Å². The van der Waals surface area contributed by atoms with Gasteiger partial charge in [-0.05, 0) is 35.9 Å². The van der Waals surface area contributed by atoms with Crippen molar-refractivity contribution in [3.63, 3.8) is 0 Å². The fraction of sp³-hybridized carbons (Fsp3) is 0.350. The summed E-state index contributed by atoms with van der Waals surface area (Å²) < 4.78 is 36.8. The summed E-state index contributed by atoms with van der Waals surface area (Å²) in [4.78, 5) is 14.6. The van der Waals surface area contributed by atoms with Crippen molar-refractivity contribution in [1.29, 1.82) is 0 Å². The van der Waals surface area contributed by atoms with Crippen LogP contribution in [-0.2, 0) is 21.4 Å². The molecule has 1 amide bonds. The highest BCUT2D eigenvalue weighted by Gasteiger charge is 2.32. The van der Waals surface area contributed by atoms with Crippen molar-refractivity contribution in [2.24, 2.45) is 0 Å². The molecule has 1 atom stereocenters. The van der Waals surface area contributed by atoms with Crippen LogP contribution >= 0.6 is 11.6 Å². The maximum atomic E-state index is 13.0. The van der Waals surface area contributed by atoms with Crippen LogP contribution in [0.2, 0.25) is 5.02 Å². The maximum absolute atomic E-state index is 13.0. The number of sulfonamides is 1. The highest BCUT2D eigenvalue weighted by molar-refractivity contribution is 7.92. The molecule has 0 spiro atoms. The van der Waals surface area contributed by atoms with Gasteiger partial charge in [0, 0.05) is 31.6 Å². The van der Waals surface area contributed by atoms with Crippen molar-refractivity contribution in [3.05, 3.63) is 53.1 Å². The van der Waals surface area contributed by atoms with Crippen molar-refractivity contribution >= 4 is 33.2 Å². The summed E-state index contributed by atoms with van der Waals surface area (Å²) in [7, 11) is -0.258. The third-order valence-electron chi connectivity index (χ3n) is 4.68. The summed E-state index contributed by atoms with van der Waals surface area (Å²) in [5, 5.41) is 0.391. The van der Waals surface area contributed by atoms with Gasteiger partial charge in [0.2, 0.25) is 10.0 Å². The highest BCUT2D eigenvalue weighted by atomic mass is 35.5. The monoisotopic (exact) mass is 438 g/mol. The van der Waals surface area contributed by atoms with Crippen LogP contribution < -0.4 is 13.8 Å². The van der Waals surface area contributed by atoms with E-state index in [4.69, 9.17) is 21.1 Å². The third kappa shape index (κ3) is 4.94. The summed E-state index contributed by atoms with van der Waals surface area (Å²) in [6.07, 6.45) is 0.547. The summed E-state index contributed by atoms with van der Waals surface area (Å²) in [6, 6.07) is 12.2. The Bertz CT molecular complexity index is 994. The lowest BCUT2D eigenvalue weighted by Crippen LogP contribution is -2.40. The highest BCUT2D eigenvalue weighted by Crippen LogP contribution is 2.36. The minimum atomic E-state index is -3.55. The molecule has 0 fully saturated rings. The Morgan fingerprint density at radius 3 is 2.59 bits per heavy atom. The fourth-order valence-corrected chi connectivity index (χ4v) is 4.30. The molecular weight excluding hydrogens is 416 g/mol. The Morgan fingerprint density at radius 1 is 1.28 bits per heavy atom. The average Bonchev–Trinajstić information content (AvgIpc) is 2.87. The van der Waals surface area contributed by atoms with E-state index < -0.39 is 16.1 Å². The molecular formula is C20H23ClN2O5S. The minimum Gasteiger partial charge on any atom is -0.497 e. The number of likely N-dealkylation sites (N-methyl/N-ethyl adjacent to an activating group) is 1. The number of nitrogens with zero attached hydrogens (tertiary/aromatic N) is 2. The van der Waals surface area contributed by atoms with E-state index in [1.54, 1.807) is 31.2 Å². The zero-order valence-corrected chi connectivity index (χ0v) is 18.0. The summed E-state index contributed by atoms with van der Waals surface area (Å²) >= 11 is 6.05. The van der Waals surface area contributed by atoms with Gasteiger partial charge in [-0.15, -0.1) is 0 Å². The Kier molecular flexibility index (Phi) is 6.24. The average molecular weight is 439 g/mol. The molecule has 0 bridgehead atoms. The van der Waals surface area contributed by atoms with Crippen molar-refractivity contribution in [2.45, 2.75) is 19.1 Å². The number of ether oxygens (including phenoxy) is 2. The second-order valence-electron chi connectivity index (χ2n) is 6.88. The lowest BCUT2D eigenvalue weighted by atomic mass is 10.1. The number of hydrogen-bond acceptors (Lipinski definition) is 5. The minimum absolute atomic E-state index is 0.124. The molecule has 3 rings (SSSR count). The molecule has 2 aromatic rings. The van der Waals surface area contributed by atoms with Crippen LogP contribution in [0.3, 0.4) is 0 Å². The number of benzene rings is 2. The van der Waals surface area contributed by atoms with E-state index in [2.05, 4.69) is 0 Å². The van der Waals surface area contributed by atoms with Gasteiger partial charge in [0.05, 0.1) is 19.1 Å². The first-order valence-corrected chi connectivity index (χ1v) is 11.2. The zero-order chi connectivity index (χ0) is 21.2. The van der Waals surface area contributed by atoms with Crippen LogP contribution in [0.15, 0.2) is 42.5 Å². The van der Waals surface area contributed by atoms with E-state index in [1.807, 2.05) is 24.3 Å². The second kappa shape index (κ2) is 8.51. The van der Waals surface area contributed by atoms with Crippen molar-refractivity contribution in [3.8, 4) is 11.5 Å². The normalized spacial score (nSPS) is 16.4. The number of hydrogen-bond donors (Lipinski definition) is 0. The molecule has 7 nitrogen and oxygen atoms in total. The summed E-state index contributed by atoms with van der Waals surface area (Å²) in [5.41, 5.74) is 1.29. The lowest BCUT2D eigenvalue weighted by Gasteiger charge is -2.23. The Hall–Kier alpha value is -2.45. The number of halogens is 1. The van der Waals surface area contributed by atoms with Gasteiger partial charge in [-0.2, -0.15) is 0 Å². The quantitative estimate of drug-likeness (QED) is 0.717. The van der Waals surface area contributed by atoms with Gasteiger partial charge in [0.25, 0.3) is 5.91 Å². The molecule has 9 heteroatoms. The Morgan fingerprint density at radius 2 is 1.97 bits per heavy atom. The first-order chi connectivity index (χ1) is 13.7. The Labute approximate surface area is 175 Å². The van der Waals surface area contributed by atoms with Crippen molar-refractivity contribution in [2.75, 3.05) is 31.3 Å². The first-order valence-electron chi connectivity index (χ1n) is 9.01. The van der Waals surface area contributed by atoms with Gasteiger partial charge >= 0.3 is 0 Å². The summed E-state index contributed by atoms with van der Waals surface area (Å²) in [5.74, 6) is 0.830. The van der Waals surface area contributed by atoms with Crippen LogP contribution in [0.5, 0.6) is 11.5 Å². The van der Waals surface area contributed by atoms with Gasteiger partial charge < -0.3 is 14.4 Å². The van der Waals surface area contributed by atoms with E-state index in [9.17, 15) is 13.2 Å². The van der Waals surface area contributed by atoms with Crippen LogP contribution in [0.1, 0.15) is 12.0 Å². The largest absolute Gasteiger partial charge is 0.497 e. The van der Waals surface area contributed by atoms with Gasteiger partial charge in [0.15, 0.2) is 6.10 Å². The van der Waals surface area contributed by atoms with Gasteiger partial charge in [0.1, 0.15) is 11.5 Å². The van der Waals surface area contributed by atoms with Crippen LogP contribution in [-0.4, -0.2) is 52.3 Å². The molecule has 1 heterocycles. The number of fused-ring (bicyclic) bond motifs is 1. The number of carbonyl (C=O) groups excluding carboxylic acids is 1. The smallest absolute Gasteiger partial charge is 0.263 e. The predicted octanol–water partition coefficient (Wildman–Crippen LogP) is 2.92.